The van der Waals surface area contributed by atoms with E-state index in [9.17, 15) is 0 Å². The number of aryl methyl sites for hydroxylation is 1. The van der Waals surface area contributed by atoms with Crippen molar-refractivity contribution >= 4 is 11.9 Å². The van der Waals surface area contributed by atoms with Gasteiger partial charge in [0.2, 0.25) is 0 Å². The van der Waals surface area contributed by atoms with Crippen LogP contribution in [0.4, 0.5) is 5.69 Å². The monoisotopic (exact) mass is 371 g/mol. The highest BCUT2D eigenvalue weighted by atomic mass is 16.5. The topological polar surface area (TPSA) is 30.8 Å². The van der Waals surface area contributed by atoms with Crippen LogP contribution in [0.5, 0.6) is 11.5 Å². The van der Waals surface area contributed by atoms with E-state index in [0.29, 0.717) is 6.61 Å². The summed E-state index contributed by atoms with van der Waals surface area (Å²) in [5.74, 6) is 1.45. The van der Waals surface area contributed by atoms with E-state index in [0.717, 1.165) is 34.7 Å². The highest BCUT2D eigenvalue weighted by Crippen LogP contribution is 2.31. The standard InChI is InChI=1S/C25H25NO2/c1-27-24-15-14-20(16-25(24)28-18-19-8-3-2-4-9-19)17-26-23-13-7-11-21-10-5-6-12-22(21)23/h2-4,7-9,11,13-17H,5-6,10,12,18H2,1H3. The van der Waals surface area contributed by atoms with Crippen molar-refractivity contribution in [3.8, 4) is 11.5 Å². The van der Waals surface area contributed by atoms with Crippen LogP contribution in [0, 0.1) is 0 Å². The largest absolute Gasteiger partial charge is 0.493 e. The van der Waals surface area contributed by atoms with Crippen molar-refractivity contribution in [2.75, 3.05) is 7.11 Å². The van der Waals surface area contributed by atoms with Crippen LogP contribution in [-0.4, -0.2) is 13.3 Å². The number of benzene rings is 3. The molecule has 3 heteroatoms. The van der Waals surface area contributed by atoms with Gasteiger partial charge in [-0.25, -0.2) is 0 Å². The van der Waals surface area contributed by atoms with Gasteiger partial charge in [0.1, 0.15) is 6.61 Å². The summed E-state index contributed by atoms with van der Waals surface area (Å²) in [4.78, 5) is 4.78. The first kappa shape index (κ1) is 18.3. The fraction of sp³-hybridized carbons (Fsp3) is 0.240. The van der Waals surface area contributed by atoms with Gasteiger partial charge in [-0.2, -0.15) is 0 Å². The average molecular weight is 371 g/mol. The molecule has 3 aromatic carbocycles. The van der Waals surface area contributed by atoms with E-state index in [-0.39, 0.29) is 0 Å². The van der Waals surface area contributed by atoms with E-state index in [4.69, 9.17) is 14.5 Å². The first-order valence-electron chi connectivity index (χ1n) is 9.83. The Morgan fingerprint density at radius 2 is 1.75 bits per heavy atom. The summed E-state index contributed by atoms with van der Waals surface area (Å²) < 4.78 is 11.5. The highest BCUT2D eigenvalue weighted by Gasteiger charge is 2.12. The molecule has 0 saturated heterocycles. The second-order valence-corrected chi connectivity index (χ2v) is 7.06. The van der Waals surface area contributed by atoms with Crippen molar-refractivity contribution in [3.63, 3.8) is 0 Å². The van der Waals surface area contributed by atoms with Crippen LogP contribution >= 0.6 is 0 Å². The molecular weight excluding hydrogens is 346 g/mol. The minimum Gasteiger partial charge on any atom is -0.493 e. The Bertz CT molecular complexity index is 964. The predicted octanol–water partition coefficient (Wildman–Crippen LogP) is 5.90. The molecule has 0 heterocycles. The van der Waals surface area contributed by atoms with Gasteiger partial charge < -0.3 is 9.47 Å². The lowest BCUT2D eigenvalue weighted by molar-refractivity contribution is 0.284. The van der Waals surface area contributed by atoms with Gasteiger partial charge in [0.15, 0.2) is 11.5 Å². The van der Waals surface area contributed by atoms with Gasteiger partial charge in [-0.3, -0.25) is 4.99 Å². The Morgan fingerprint density at radius 1 is 0.893 bits per heavy atom. The van der Waals surface area contributed by atoms with Crippen molar-refractivity contribution < 1.29 is 9.47 Å². The Balaban J connectivity index is 1.54. The average Bonchev–Trinajstić information content (AvgIpc) is 2.77. The highest BCUT2D eigenvalue weighted by molar-refractivity contribution is 5.83. The molecule has 142 valence electrons. The van der Waals surface area contributed by atoms with Crippen LogP contribution in [0.2, 0.25) is 0 Å². The lowest BCUT2D eigenvalue weighted by atomic mass is 9.90. The molecule has 0 spiro atoms. The molecule has 0 unspecified atom stereocenters. The van der Waals surface area contributed by atoms with Gasteiger partial charge in [0, 0.05) is 6.21 Å². The lowest BCUT2D eigenvalue weighted by Crippen LogP contribution is -2.02. The summed E-state index contributed by atoms with van der Waals surface area (Å²) in [5.41, 5.74) is 6.05. The minimum absolute atomic E-state index is 0.504. The second kappa shape index (κ2) is 8.75. The van der Waals surface area contributed by atoms with Crippen LogP contribution < -0.4 is 9.47 Å². The van der Waals surface area contributed by atoms with Gasteiger partial charge >= 0.3 is 0 Å². The number of aliphatic imine (C=N–C) groups is 1. The number of fused-ring (bicyclic) bond motifs is 1. The van der Waals surface area contributed by atoms with Crippen molar-refractivity contribution in [1.82, 2.24) is 0 Å². The molecule has 3 aromatic rings. The summed E-state index contributed by atoms with van der Waals surface area (Å²) >= 11 is 0. The van der Waals surface area contributed by atoms with Crippen molar-refractivity contribution in [1.29, 1.82) is 0 Å². The van der Waals surface area contributed by atoms with E-state index in [1.54, 1.807) is 7.11 Å². The summed E-state index contributed by atoms with van der Waals surface area (Å²) in [7, 11) is 1.66. The SMILES string of the molecule is COc1ccc(C=Nc2cccc3c2CCCC3)cc1OCc1ccccc1. The van der Waals surface area contributed by atoms with Gasteiger partial charge in [-0.15, -0.1) is 0 Å². The van der Waals surface area contributed by atoms with E-state index in [2.05, 4.69) is 30.3 Å². The lowest BCUT2D eigenvalue weighted by Gasteiger charge is -2.17. The summed E-state index contributed by atoms with van der Waals surface area (Å²) in [6.45, 7) is 0.504. The second-order valence-electron chi connectivity index (χ2n) is 7.06. The number of ether oxygens (including phenoxy) is 2. The first-order valence-corrected chi connectivity index (χ1v) is 9.83. The molecule has 0 radical (unpaired) electrons. The van der Waals surface area contributed by atoms with Gasteiger partial charge in [0.05, 0.1) is 12.8 Å². The molecular formula is C25H25NO2. The Hall–Kier alpha value is -3.07. The molecule has 0 aliphatic heterocycles. The van der Waals surface area contributed by atoms with Gasteiger partial charge in [-0.1, -0.05) is 42.5 Å². The molecule has 0 fully saturated rings. The van der Waals surface area contributed by atoms with Gasteiger partial charge in [-0.05, 0) is 72.2 Å². The minimum atomic E-state index is 0.504. The first-order chi connectivity index (χ1) is 13.8. The van der Waals surface area contributed by atoms with Gasteiger partial charge in [0.25, 0.3) is 0 Å². The molecule has 28 heavy (non-hydrogen) atoms. The van der Waals surface area contributed by atoms with Crippen LogP contribution in [0.3, 0.4) is 0 Å². The van der Waals surface area contributed by atoms with Crippen LogP contribution in [-0.2, 0) is 19.4 Å². The molecule has 0 aromatic heterocycles. The zero-order valence-electron chi connectivity index (χ0n) is 16.2. The van der Waals surface area contributed by atoms with Crippen LogP contribution in [0.1, 0.15) is 35.1 Å². The predicted molar refractivity (Wildman–Crippen MR) is 114 cm³/mol. The molecule has 1 aliphatic rings. The van der Waals surface area contributed by atoms with Crippen LogP contribution in [0.15, 0.2) is 71.7 Å². The molecule has 0 atom stereocenters. The van der Waals surface area contributed by atoms with Crippen molar-refractivity contribution in [2.45, 2.75) is 32.3 Å². The van der Waals surface area contributed by atoms with E-state index in [1.807, 2.05) is 42.6 Å². The molecule has 3 nitrogen and oxygen atoms in total. The Morgan fingerprint density at radius 3 is 2.61 bits per heavy atom. The zero-order valence-corrected chi connectivity index (χ0v) is 16.2. The third-order valence-electron chi connectivity index (χ3n) is 5.15. The fourth-order valence-corrected chi connectivity index (χ4v) is 3.65. The molecule has 0 bridgehead atoms. The molecule has 0 amide bonds. The fourth-order valence-electron chi connectivity index (χ4n) is 3.65. The third-order valence-corrected chi connectivity index (χ3v) is 5.15. The molecule has 0 N–H and O–H groups in total. The zero-order chi connectivity index (χ0) is 19.2. The van der Waals surface area contributed by atoms with Crippen molar-refractivity contribution in [2.24, 2.45) is 4.99 Å². The summed E-state index contributed by atoms with van der Waals surface area (Å²) in [6.07, 6.45) is 6.73. The number of nitrogens with zero attached hydrogens (tertiary/aromatic N) is 1. The Kier molecular flexibility index (Phi) is 5.72. The summed E-state index contributed by atoms with van der Waals surface area (Å²) in [5, 5.41) is 0. The summed E-state index contributed by atoms with van der Waals surface area (Å²) in [6, 6.07) is 22.5. The number of hydrogen-bond donors (Lipinski definition) is 0. The maximum Gasteiger partial charge on any atom is 0.162 e. The maximum atomic E-state index is 6.01. The molecule has 4 rings (SSSR count). The normalized spacial score (nSPS) is 13.3. The number of hydrogen-bond acceptors (Lipinski definition) is 3. The maximum absolute atomic E-state index is 6.01. The smallest absolute Gasteiger partial charge is 0.162 e. The Labute approximate surface area is 166 Å². The number of methoxy groups -OCH3 is 1. The van der Waals surface area contributed by atoms with Crippen molar-refractivity contribution in [3.05, 3.63) is 89.0 Å². The quantitative estimate of drug-likeness (QED) is 0.505. The molecule has 1 aliphatic carbocycles. The van der Waals surface area contributed by atoms with E-state index < -0.39 is 0 Å². The molecule has 0 saturated carbocycles. The third kappa shape index (κ3) is 4.25. The van der Waals surface area contributed by atoms with Crippen LogP contribution in [0.25, 0.3) is 0 Å². The van der Waals surface area contributed by atoms with E-state index in [1.165, 1.54) is 30.4 Å². The number of rotatable bonds is 6. The van der Waals surface area contributed by atoms with E-state index >= 15 is 0 Å².